The molecule has 3 aromatic carbocycles. The number of hydrogen-bond acceptors (Lipinski definition) is 3. The minimum atomic E-state index is -0.317. The maximum Gasteiger partial charge on any atom is 0.266 e. The summed E-state index contributed by atoms with van der Waals surface area (Å²) >= 11 is 0. The molecule has 0 unspecified atom stereocenters. The van der Waals surface area contributed by atoms with E-state index in [1.807, 2.05) is 55.5 Å². The minimum absolute atomic E-state index is 0.317. The van der Waals surface area contributed by atoms with Crippen LogP contribution in [0.4, 0.5) is 5.69 Å². The van der Waals surface area contributed by atoms with Crippen molar-refractivity contribution in [1.29, 1.82) is 0 Å². The first kappa shape index (κ1) is 17.0. The highest BCUT2D eigenvalue weighted by molar-refractivity contribution is 6.34. The molecule has 0 aliphatic carbocycles. The van der Waals surface area contributed by atoms with E-state index in [2.05, 4.69) is 0 Å². The summed E-state index contributed by atoms with van der Waals surface area (Å²) in [6.45, 7) is 2.53. The number of fused-ring (bicyclic) bond motifs is 1. The van der Waals surface area contributed by atoms with Gasteiger partial charge in [-0.2, -0.15) is 0 Å². The Balaban J connectivity index is 1.83. The Morgan fingerprint density at radius 1 is 0.778 bits per heavy atom. The number of carbonyl (C=O) groups is 2. The predicted octanol–water partition coefficient (Wildman–Crippen LogP) is 4.94. The molecule has 0 spiro atoms. The molecule has 4 nitrogen and oxygen atoms in total. The Hall–Kier alpha value is -3.40. The molecule has 0 fully saturated rings. The molecule has 0 bridgehead atoms. The lowest BCUT2D eigenvalue weighted by atomic mass is 10.0. The summed E-state index contributed by atoms with van der Waals surface area (Å²) in [5.74, 6) is -0.102. The zero-order chi connectivity index (χ0) is 18.8. The van der Waals surface area contributed by atoms with Gasteiger partial charge in [0.1, 0.15) is 5.75 Å². The van der Waals surface area contributed by atoms with Crippen molar-refractivity contribution in [3.05, 3.63) is 83.9 Å². The van der Waals surface area contributed by atoms with Crippen LogP contribution >= 0.6 is 0 Å². The number of anilines is 1. The number of ether oxygens (including phenoxy) is 1. The first-order chi connectivity index (χ1) is 13.2. The fraction of sp³-hybridized carbons (Fsp3) is 0.130. The van der Waals surface area contributed by atoms with Gasteiger partial charge in [-0.1, -0.05) is 55.5 Å². The Morgan fingerprint density at radius 3 is 2.04 bits per heavy atom. The van der Waals surface area contributed by atoms with E-state index >= 15 is 0 Å². The van der Waals surface area contributed by atoms with Crippen molar-refractivity contribution in [2.75, 3.05) is 11.5 Å². The lowest BCUT2D eigenvalue weighted by Gasteiger charge is -2.19. The van der Waals surface area contributed by atoms with Crippen molar-refractivity contribution in [2.24, 2.45) is 0 Å². The van der Waals surface area contributed by atoms with Gasteiger partial charge in [0, 0.05) is 0 Å². The van der Waals surface area contributed by atoms with E-state index in [0.29, 0.717) is 29.2 Å². The summed E-state index contributed by atoms with van der Waals surface area (Å²) in [6, 6.07) is 22.4. The molecule has 2 amide bonds. The lowest BCUT2D eigenvalue weighted by Crippen LogP contribution is -2.30. The van der Waals surface area contributed by atoms with Gasteiger partial charge in [0.05, 0.1) is 23.4 Å². The maximum atomic E-state index is 12.9. The highest BCUT2D eigenvalue weighted by Crippen LogP contribution is 2.38. The van der Waals surface area contributed by atoms with Crippen molar-refractivity contribution in [2.45, 2.75) is 13.3 Å². The first-order valence-electron chi connectivity index (χ1n) is 9.01. The molecule has 1 aliphatic rings. The molecule has 1 heterocycles. The Morgan fingerprint density at radius 2 is 1.41 bits per heavy atom. The quantitative estimate of drug-likeness (QED) is 0.608. The van der Waals surface area contributed by atoms with Crippen molar-refractivity contribution < 1.29 is 14.3 Å². The highest BCUT2D eigenvalue weighted by atomic mass is 16.5. The second-order valence-corrected chi connectivity index (χ2v) is 6.39. The van der Waals surface area contributed by atoms with E-state index in [1.54, 1.807) is 24.3 Å². The zero-order valence-corrected chi connectivity index (χ0v) is 15.0. The molecular weight excluding hydrogens is 338 g/mol. The monoisotopic (exact) mass is 357 g/mol. The second-order valence-electron chi connectivity index (χ2n) is 6.39. The molecule has 27 heavy (non-hydrogen) atoms. The molecule has 0 N–H and O–H groups in total. The van der Waals surface area contributed by atoms with Gasteiger partial charge in [0.15, 0.2) is 0 Å². The SMILES string of the molecule is CCCOc1ccc(-c2ccccc2)cc1N1C(=O)c2ccccc2C1=O. The number of rotatable bonds is 5. The largest absolute Gasteiger partial charge is 0.491 e. The zero-order valence-electron chi connectivity index (χ0n) is 15.0. The van der Waals surface area contributed by atoms with Gasteiger partial charge in [0.25, 0.3) is 11.8 Å². The third kappa shape index (κ3) is 2.99. The number of carbonyl (C=O) groups excluding carboxylic acids is 2. The second kappa shape index (κ2) is 7.08. The number of nitrogens with zero attached hydrogens (tertiary/aromatic N) is 1. The molecule has 3 aromatic rings. The summed E-state index contributed by atoms with van der Waals surface area (Å²) in [4.78, 5) is 27.1. The number of hydrogen-bond donors (Lipinski definition) is 0. The number of benzene rings is 3. The molecule has 0 saturated carbocycles. The van der Waals surface area contributed by atoms with E-state index in [1.165, 1.54) is 4.90 Å². The molecule has 4 heteroatoms. The number of imide groups is 1. The summed E-state index contributed by atoms with van der Waals surface area (Å²) in [6.07, 6.45) is 0.835. The van der Waals surface area contributed by atoms with Gasteiger partial charge < -0.3 is 4.74 Å². The Labute approximate surface area is 158 Å². The molecule has 134 valence electrons. The molecular formula is C23H19NO3. The average molecular weight is 357 g/mol. The van der Waals surface area contributed by atoms with Crippen LogP contribution in [0.25, 0.3) is 11.1 Å². The third-order valence-electron chi connectivity index (χ3n) is 4.56. The summed E-state index contributed by atoms with van der Waals surface area (Å²) in [7, 11) is 0. The number of amides is 2. The molecule has 4 rings (SSSR count). The fourth-order valence-corrected chi connectivity index (χ4v) is 3.24. The van der Waals surface area contributed by atoms with Gasteiger partial charge in [-0.15, -0.1) is 0 Å². The van der Waals surface area contributed by atoms with Gasteiger partial charge in [-0.05, 0) is 41.8 Å². The normalized spacial score (nSPS) is 13.0. The minimum Gasteiger partial charge on any atom is -0.491 e. The highest BCUT2D eigenvalue weighted by Gasteiger charge is 2.37. The van der Waals surface area contributed by atoms with E-state index < -0.39 is 0 Å². The van der Waals surface area contributed by atoms with E-state index in [4.69, 9.17) is 4.74 Å². The van der Waals surface area contributed by atoms with Gasteiger partial charge in [-0.25, -0.2) is 4.90 Å². The maximum absolute atomic E-state index is 12.9. The predicted molar refractivity (Wildman–Crippen MR) is 105 cm³/mol. The smallest absolute Gasteiger partial charge is 0.266 e. The van der Waals surface area contributed by atoms with Crippen molar-refractivity contribution >= 4 is 17.5 Å². The van der Waals surface area contributed by atoms with Crippen LogP contribution in [0.3, 0.4) is 0 Å². The van der Waals surface area contributed by atoms with Crippen molar-refractivity contribution in [3.8, 4) is 16.9 Å². The molecule has 1 aliphatic heterocycles. The van der Waals surface area contributed by atoms with Crippen LogP contribution in [0, 0.1) is 0 Å². The molecule has 0 saturated heterocycles. The van der Waals surface area contributed by atoms with Gasteiger partial charge >= 0.3 is 0 Å². The molecule has 0 aromatic heterocycles. The van der Waals surface area contributed by atoms with E-state index in [-0.39, 0.29) is 11.8 Å². The van der Waals surface area contributed by atoms with Crippen molar-refractivity contribution in [3.63, 3.8) is 0 Å². The molecule has 0 atom stereocenters. The van der Waals surface area contributed by atoms with Crippen LogP contribution in [0.15, 0.2) is 72.8 Å². The lowest BCUT2D eigenvalue weighted by molar-refractivity contribution is 0.0925. The standard InChI is InChI=1S/C23H19NO3/c1-2-14-27-21-13-12-17(16-8-4-3-5-9-16)15-20(21)24-22(25)18-10-6-7-11-19(18)23(24)26/h3-13,15H,2,14H2,1H3. The van der Waals surface area contributed by atoms with Crippen LogP contribution in [0.1, 0.15) is 34.1 Å². The van der Waals surface area contributed by atoms with Crippen molar-refractivity contribution in [1.82, 2.24) is 0 Å². The van der Waals surface area contributed by atoms with Gasteiger partial charge in [-0.3, -0.25) is 9.59 Å². The average Bonchev–Trinajstić information content (AvgIpc) is 2.98. The van der Waals surface area contributed by atoms with Crippen LogP contribution in [0.5, 0.6) is 5.75 Å². The topological polar surface area (TPSA) is 46.6 Å². The third-order valence-corrected chi connectivity index (χ3v) is 4.56. The van der Waals surface area contributed by atoms with E-state index in [9.17, 15) is 9.59 Å². The van der Waals surface area contributed by atoms with Gasteiger partial charge in [0.2, 0.25) is 0 Å². The Bertz CT molecular complexity index is 976. The fourth-order valence-electron chi connectivity index (χ4n) is 3.24. The van der Waals surface area contributed by atoms with Crippen LogP contribution in [-0.2, 0) is 0 Å². The summed E-state index contributed by atoms with van der Waals surface area (Å²) in [5, 5.41) is 0. The van der Waals surface area contributed by atoms with E-state index in [0.717, 1.165) is 17.5 Å². The van der Waals surface area contributed by atoms with Crippen LogP contribution in [0.2, 0.25) is 0 Å². The molecule has 0 radical (unpaired) electrons. The summed E-state index contributed by atoms with van der Waals surface area (Å²) < 4.78 is 5.84. The first-order valence-corrected chi connectivity index (χ1v) is 9.01. The van der Waals surface area contributed by atoms with Crippen LogP contribution < -0.4 is 9.64 Å². The Kier molecular flexibility index (Phi) is 4.47. The van der Waals surface area contributed by atoms with Crippen LogP contribution in [-0.4, -0.2) is 18.4 Å². The summed E-state index contributed by atoms with van der Waals surface area (Å²) in [5.41, 5.74) is 3.27.